The van der Waals surface area contributed by atoms with E-state index in [1.807, 2.05) is 0 Å². The van der Waals surface area contributed by atoms with Crippen LogP contribution in [0, 0.1) is 11.6 Å². The van der Waals surface area contributed by atoms with Crippen LogP contribution >= 0.6 is 0 Å². The molecule has 102 valence electrons. The number of carbonyl (C=O) groups excluding carboxylic acids is 1. The first kappa shape index (κ1) is 12.5. The van der Waals surface area contributed by atoms with Gasteiger partial charge in [-0.15, -0.1) is 0 Å². The summed E-state index contributed by atoms with van der Waals surface area (Å²) in [5.41, 5.74) is 5.53. The van der Waals surface area contributed by atoms with Crippen LogP contribution in [0.5, 0.6) is 0 Å². The Morgan fingerprint density at radius 1 is 1.21 bits per heavy atom. The van der Waals surface area contributed by atoms with Gasteiger partial charge in [0.25, 0.3) is 0 Å². The standard InChI is InChI=1S/C14H16F2N2O/c15-10-3-8(4-11(16)7-10)9-5-12(6-9)18-14(1-2-14)13(17)19/h3-4,7,9,12,18H,1-2,5-6H2,(H2,17,19). The molecule has 3 nitrogen and oxygen atoms in total. The average Bonchev–Trinajstić information content (AvgIpc) is 3.02. The smallest absolute Gasteiger partial charge is 0.237 e. The van der Waals surface area contributed by atoms with Gasteiger partial charge in [-0.3, -0.25) is 4.79 Å². The van der Waals surface area contributed by atoms with Gasteiger partial charge in [-0.1, -0.05) is 0 Å². The van der Waals surface area contributed by atoms with Crippen molar-refractivity contribution < 1.29 is 13.6 Å². The van der Waals surface area contributed by atoms with Crippen LogP contribution in [0.15, 0.2) is 18.2 Å². The zero-order valence-electron chi connectivity index (χ0n) is 10.5. The van der Waals surface area contributed by atoms with Crippen LogP contribution in [0.4, 0.5) is 8.78 Å². The Labute approximate surface area is 110 Å². The predicted molar refractivity (Wildman–Crippen MR) is 66.4 cm³/mol. The molecule has 2 aliphatic carbocycles. The number of carbonyl (C=O) groups is 1. The molecule has 3 rings (SSSR count). The summed E-state index contributed by atoms with van der Waals surface area (Å²) in [4.78, 5) is 11.3. The van der Waals surface area contributed by atoms with Gasteiger partial charge in [-0.2, -0.15) is 0 Å². The maximum atomic E-state index is 13.1. The minimum atomic E-state index is -0.540. The highest BCUT2D eigenvalue weighted by Gasteiger charge is 2.51. The Hall–Kier alpha value is -1.49. The largest absolute Gasteiger partial charge is 0.368 e. The first-order valence-electron chi connectivity index (χ1n) is 6.52. The van der Waals surface area contributed by atoms with Crippen molar-refractivity contribution in [1.82, 2.24) is 5.32 Å². The van der Waals surface area contributed by atoms with Crippen molar-refractivity contribution in [3.05, 3.63) is 35.4 Å². The van der Waals surface area contributed by atoms with E-state index in [1.165, 1.54) is 12.1 Å². The lowest BCUT2D eigenvalue weighted by Crippen LogP contribution is -2.52. The van der Waals surface area contributed by atoms with Crippen molar-refractivity contribution in [1.29, 1.82) is 0 Å². The Morgan fingerprint density at radius 3 is 2.26 bits per heavy atom. The molecule has 0 bridgehead atoms. The molecule has 3 N–H and O–H groups in total. The fraction of sp³-hybridized carbons (Fsp3) is 0.500. The molecule has 0 radical (unpaired) electrons. The molecule has 0 spiro atoms. The van der Waals surface area contributed by atoms with Gasteiger partial charge in [0, 0.05) is 12.1 Å². The highest BCUT2D eigenvalue weighted by Crippen LogP contribution is 2.42. The summed E-state index contributed by atoms with van der Waals surface area (Å²) in [7, 11) is 0. The van der Waals surface area contributed by atoms with Crippen LogP contribution in [-0.2, 0) is 4.79 Å². The monoisotopic (exact) mass is 266 g/mol. The molecule has 0 unspecified atom stereocenters. The van der Waals surface area contributed by atoms with E-state index in [2.05, 4.69) is 5.32 Å². The van der Waals surface area contributed by atoms with Crippen molar-refractivity contribution in [2.24, 2.45) is 5.73 Å². The summed E-state index contributed by atoms with van der Waals surface area (Å²) < 4.78 is 26.2. The lowest BCUT2D eigenvalue weighted by atomic mass is 9.75. The second-order valence-corrected chi connectivity index (χ2v) is 5.66. The van der Waals surface area contributed by atoms with Crippen molar-refractivity contribution in [3.8, 4) is 0 Å². The Kier molecular flexibility index (Phi) is 2.82. The van der Waals surface area contributed by atoms with Crippen LogP contribution in [0.25, 0.3) is 0 Å². The molecule has 1 aromatic carbocycles. The molecule has 2 aliphatic rings. The van der Waals surface area contributed by atoms with Crippen molar-refractivity contribution >= 4 is 5.91 Å². The molecule has 0 saturated heterocycles. The van der Waals surface area contributed by atoms with Crippen LogP contribution in [0.2, 0.25) is 0 Å². The van der Waals surface area contributed by atoms with Crippen LogP contribution in [0.1, 0.15) is 37.2 Å². The van der Waals surface area contributed by atoms with Crippen LogP contribution in [0.3, 0.4) is 0 Å². The third-order valence-corrected chi connectivity index (χ3v) is 4.20. The van der Waals surface area contributed by atoms with E-state index in [0.29, 0.717) is 5.56 Å². The number of halogens is 2. The molecule has 0 atom stereocenters. The second kappa shape index (κ2) is 4.27. The van der Waals surface area contributed by atoms with E-state index < -0.39 is 17.2 Å². The van der Waals surface area contributed by atoms with E-state index in [4.69, 9.17) is 5.73 Å². The highest BCUT2D eigenvalue weighted by molar-refractivity contribution is 5.87. The molecule has 2 saturated carbocycles. The number of primary amides is 1. The number of nitrogens with two attached hydrogens (primary N) is 1. The summed E-state index contributed by atoms with van der Waals surface area (Å²) in [6.07, 6.45) is 3.16. The molecular weight excluding hydrogens is 250 g/mol. The first-order valence-corrected chi connectivity index (χ1v) is 6.52. The summed E-state index contributed by atoms with van der Waals surface area (Å²) >= 11 is 0. The molecule has 0 aromatic heterocycles. The zero-order valence-corrected chi connectivity index (χ0v) is 10.5. The number of rotatable bonds is 4. The van der Waals surface area contributed by atoms with Gasteiger partial charge in [-0.05, 0) is 49.3 Å². The van der Waals surface area contributed by atoms with Gasteiger partial charge in [0.2, 0.25) is 5.91 Å². The molecule has 0 heterocycles. The fourth-order valence-electron chi connectivity index (χ4n) is 2.80. The van der Waals surface area contributed by atoms with Crippen molar-refractivity contribution in [3.63, 3.8) is 0 Å². The molecule has 0 aliphatic heterocycles. The molecule has 1 aromatic rings. The van der Waals surface area contributed by atoms with Gasteiger partial charge in [0.05, 0.1) is 5.54 Å². The summed E-state index contributed by atoms with van der Waals surface area (Å²) in [5, 5.41) is 3.27. The lowest BCUT2D eigenvalue weighted by Gasteiger charge is -2.38. The SMILES string of the molecule is NC(=O)C1(NC2CC(c3cc(F)cc(F)c3)C2)CC1. The first-order chi connectivity index (χ1) is 8.98. The minimum absolute atomic E-state index is 0.159. The van der Waals surface area contributed by atoms with Crippen LogP contribution < -0.4 is 11.1 Å². The molecule has 19 heavy (non-hydrogen) atoms. The lowest BCUT2D eigenvalue weighted by molar-refractivity contribution is -0.121. The highest BCUT2D eigenvalue weighted by atomic mass is 19.1. The summed E-state index contributed by atoms with van der Waals surface area (Å²) in [5.74, 6) is -1.22. The average molecular weight is 266 g/mol. The Bertz CT molecular complexity index is 502. The predicted octanol–water partition coefficient (Wildman–Crippen LogP) is 1.82. The third kappa shape index (κ3) is 2.34. The molecule has 2 fully saturated rings. The van der Waals surface area contributed by atoms with E-state index in [9.17, 15) is 13.6 Å². The second-order valence-electron chi connectivity index (χ2n) is 5.66. The number of hydrogen-bond acceptors (Lipinski definition) is 2. The molecule has 1 amide bonds. The Balaban J connectivity index is 1.59. The zero-order chi connectivity index (χ0) is 13.6. The molecule has 5 heteroatoms. The number of nitrogens with one attached hydrogen (secondary N) is 1. The number of amides is 1. The maximum absolute atomic E-state index is 13.1. The van der Waals surface area contributed by atoms with Gasteiger partial charge < -0.3 is 11.1 Å². The van der Waals surface area contributed by atoms with Gasteiger partial charge in [-0.25, -0.2) is 8.78 Å². The van der Waals surface area contributed by atoms with E-state index >= 15 is 0 Å². The molecular formula is C14H16F2N2O. The van der Waals surface area contributed by atoms with Crippen molar-refractivity contribution in [2.45, 2.75) is 43.2 Å². The maximum Gasteiger partial charge on any atom is 0.237 e. The van der Waals surface area contributed by atoms with Gasteiger partial charge >= 0.3 is 0 Å². The quantitative estimate of drug-likeness (QED) is 0.873. The van der Waals surface area contributed by atoms with E-state index in [0.717, 1.165) is 31.7 Å². The van der Waals surface area contributed by atoms with E-state index in [-0.39, 0.29) is 17.9 Å². The minimum Gasteiger partial charge on any atom is -0.368 e. The van der Waals surface area contributed by atoms with Crippen LogP contribution in [-0.4, -0.2) is 17.5 Å². The summed E-state index contributed by atoms with van der Waals surface area (Å²) in [6.45, 7) is 0. The Morgan fingerprint density at radius 2 is 1.79 bits per heavy atom. The number of hydrogen-bond donors (Lipinski definition) is 2. The van der Waals surface area contributed by atoms with Gasteiger partial charge in [0.15, 0.2) is 0 Å². The third-order valence-electron chi connectivity index (χ3n) is 4.20. The van der Waals surface area contributed by atoms with Crippen molar-refractivity contribution in [2.75, 3.05) is 0 Å². The van der Waals surface area contributed by atoms with E-state index in [1.54, 1.807) is 0 Å². The van der Waals surface area contributed by atoms with Gasteiger partial charge in [0.1, 0.15) is 11.6 Å². The fourth-order valence-corrected chi connectivity index (χ4v) is 2.80. The topological polar surface area (TPSA) is 55.1 Å². The normalized spacial score (nSPS) is 27.7. The number of benzene rings is 1. The summed E-state index contributed by atoms with van der Waals surface area (Å²) in [6, 6.07) is 3.85.